The maximum Gasteiger partial charge on any atom is 0.246 e. The Kier molecular flexibility index (Phi) is 23.4. The van der Waals surface area contributed by atoms with Crippen molar-refractivity contribution in [2.75, 3.05) is 31.6 Å². The van der Waals surface area contributed by atoms with Gasteiger partial charge in [-0.05, 0) is 37.9 Å². The molecule has 1 atom stereocenters. The third-order valence-corrected chi connectivity index (χ3v) is 7.58. The van der Waals surface area contributed by atoms with E-state index in [4.69, 9.17) is 16.9 Å². The van der Waals surface area contributed by atoms with Crippen LogP contribution in [0.5, 0.6) is 0 Å². The molecule has 0 aliphatic rings. The smallest absolute Gasteiger partial charge is 0.246 e. The first kappa shape index (κ1) is 35.2. The zero-order valence-electron chi connectivity index (χ0n) is 24.0. The summed E-state index contributed by atoms with van der Waals surface area (Å²) in [4.78, 5) is 31.1. The van der Waals surface area contributed by atoms with Gasteiger partial charge in [0.05, 0.1) is 11.7 Å². The van der Waals surface area contributed by atoms with Gasteiger partial charge >= 0.3 is 0 Å². The zero-order chi connectivity index (χ0) is 27.7. The van der Waals surface area contributed by atoms with Crippen LogP contribution in [0, 0.1) is 5.41 Å². The standard InChI is InChI=1S/C28H56N6O2S/c1-4-5-6-7-8-9-10-11-12-17-22-37-23-25(33-24(2)35)28(36)34(20-15-13-18-26(29)30)21-16-14-19-27(31)32-3/h25H,4-23H2,1-3H3,(H3,29,30)(H2,31,32)(H,33,35)/t25-/m1/s1. The number of amides is 2. The molecule has 0 fully saturated rings. The topological polar surface area (TPSA) is 138 Å². The fourth-order valence-electron chi connectivity index (χ4n) is 4.20. The van der Waals surface area contributed by atoms with E-state index in [2.05, 4.69) is 17.2 Å². The number of hydrogen-bond donors (Lipinski definition) is 4. The van der Waals surface area contributed by atoms with E-state index in [1.54, 1.807) is 18.8 Å². The molecule has 216 valence electrons. The number of nitrogens with zero attached hydrogens (tertiary/aromatic N) is 2. The average molecular weight is 541 g/mol. The molecule has 0 aliphatic carbocycles. The lowest BCUT2D eigenvalue weighted by Gasteiger charge is -2.28. The number of nitrogens with two attached hydrogens (primary N) is 2. The molecule has 37 heavy (non-hydrogen) atoms. The number of unbranched alkanes of at least 4 members (excludes halogenated alkanes) is 11. The maximum absolute atomic E-state index is 13.4. The van der Waals surface area contributed by atoms with Crippen LogP contribution >= 0.6 is 11.8 Å². The molecule has 0 saturated carbocycles. The Labute approximate surface area is 231 Å². The van der Waals surface area contributed by atoms with Crippen molar-refractivity contribution < 1.29 is 9.59 Å². The van der Waals surface area contributed by atoms with Crippen LogP contribution in [0.2, 0.25) is 0 Å². The van der Waals surface area contributed by atoms with Gasteiger partial charge in [0.1, 0.15) is 6.04 Å². The van der Waals surface area contributed by atoms with E-state index in [0.29, 0.717) is 37.5 Å². The Balaban J connectivity index is 4.56. The van der Waals surface area contributed by atoms with Gasteiger partial charge in [0.25, 0.3) is 0 Å². The second kappa shape index (κ2) is 24.6. The summed E-state index contributed by atoms with van der Waals surface area (Å²) in [6.07, 6.45) is 17.6. The van der Waals surface area contributed by atoms with Crippen molar-refractivity contribution >= 4 is 35.2 Å². The van der Waals surface area contributed by atoms with Gasteiger partial charge in [-0.2, -0.15) is 11.8 Å². The van der Waals surface area contributed by atoms with E-state index in [-0.39, 0.29) is 17.6 Å². The Morgan fingerprint density at radius 3 is 1.92 bits per heavy atom. The summed E-state index contributed by atoms with van der Waals surface area (Å²) in [6, 6.07) is -0.513. The minimum Gasteiger partial charge on any atom is -0.388 e. The van der Waals surface area contributed by atoms with E-state index < -0.39 is 6.04 Å². The molecule has 6 N–H and O–H groups in total. The van der Waals surface area contributed by atoms with Gasteiger partial charge in [-0.1, -0.05) is 64.7 Å². The molecule has 9 heteroatoms. The van der Waals surface area contributed by atoms with Crippen LogP contribution < -0.4 is 16.8 Å². The highest BCUT2D eigenvalue weighted by Crippen LogP contribution is 2.14. The molecule has 0 radical (unpaired) electrons. The van der Waals surface area contributed by atoms with Gasteiger partial charge in [-0.25, -0.2) is 0 Å². The number of nitrogens with one attached hydrogen (secondary N) is 2. The third kappa shape index (κ3) is 22.0. The van der Waals surface area contributed by atoms with Gasteiger partial charge in [0.15, 0.2) is 0 Å². The number of hydrogen-bond acceptors (Lipinski definition) is 5. The summed E-state index contributed by atoms with van der Waals surface area (Å²) in [5.74, 6) is 2.20. The summed E-state index contributed by atoms with van der Waals surface area (Å²) in [6.45, 7) is 4.94. The van der Waals surface area contributed by atoms with Crippen LogP contribution in [-0.4, -0.2) is 66.1 Å². The van der Waals surface area contributed by atoms with Crippen molar-refractivity contribution in [2.45, 2.75) is 123 Å². The molecule has 0 unspecified atom stereocenters. The molecule has 0 aliphatic heterocycles. The Morgan fingerprint density at radius 1 is 0.865 bits per heavy atom. The highest BCUT2D eigenvalue weighted by Gasteiger charge is 2.24. The monoisotopic (exact) mass is 540 g/mol. The number of carbonyl (C=O) groups is 2. The SMILES string of the molecule is CCCCCCCCCCCCSC[C@@H](NC(C)=O)C(=O)N(CCCCC(=N)N)CCCCC(N)=NC. The van der Waals surface area contributed by atoms with Gasteiger partial charge in [0.2, 0.25) is 11.8 Å². The zero-order valence-corrected chi connectivity index (χ0v) is 24.8. The summed E-state index contributed by atoms with van der Waals surface area (Å²) in [5.41, 5.74) is 11.3. The van der Waals surface area contributed by atoms with Gasteiger partial charge in [-0.15, -0.1) is 0 Å². The van der Waals surface area contributed by atoms with Crippen molar-refractivity contribution in [1.82, 2.24) is 10.2 Å². The summed E-state index contributed by atoms with van der Waals surface area (Å²) in [7, 11) is 1.69. The van der Waals surface area contributed by atoms with Crippen LogP contribution in [0.4, 0.5) is 0 Å². The van der Waals surface area contributed by atoms with E-state index >= 15 is 0 Å². The lowest BCUT2D eigenvalue weighted by molar-refractivity contribution is -0.135. The lowest BCUT2D eigenvalue weighted by atomic mass is 10.1. The summed E-state index contributed by atoms with van der Waals surface area (Å²) >= 11 is 1.75. The van der Waals surface area contributed by atoms with Gasteiger partial charge in [0, 0.05) is 45.7 Å². The van der Waals surface area contributed by atoms with Crippen molar-refractivity contribution in [3.05, 3.63) is 0 Å². The van der Waals surface area contributed by atoms with Crippen LogP contribution in [0.15, 0.2) is 4.99 Å². The normalized spacial score (nSPS) is 12.4. The predicted octanol–water partition coefficient (Wildman–Crippen LogP) is 5.24. The Bertz CT molecular complexity index is 644. The second-order valence-electron chi connectivity index (χ2n) is 9.99. The van der Waals surface area contributed by atoms with Crippen LogP contribution in [0.3, 0.4) is 0 Å². The predicted molar refractivity (Wildman–Crippen MR) is 161 cm³/mol. The largest absolute Gasteiger partial charge is 0.388 e. The fraction of sp³-hybridized carbons (Fsp3) is 0.857. The molecule has 0 aromatic carbocycles. The number of aliphatic imine (C=N–C) groups is 1. The van der Waals surface area contributed by atoms with Gasteiger partial charge < -0.3 is 21.7 Å². The second-order valence-corrected chi connectivity index (χ2v) is 11.1. The van der Waals surface area contributed by atoms with E-state index in [1.165, 1.54) is 64.7 Å². The minimum absolute atomic E-state index is 0.0225. The molecule has 0 aromatic rings. The molecule has 0 aromatic heterocycles. The van der Waals surface area contributed by atoms with Crippen molar-refractivity contribution in [1.29, 1.82) is 5.41 Å². The van der Waals surface area contributed by atoms with E-state index in [0.717, 1.165) is 37.9 Å². The van der Waals surface area contributed by atoms with Crippen molar-refractivity contribution in [3.8, 4) is 0 Å². The average Bonchev–Trinajstić information content (AvgIpc) is 2.86. The molecule has 0 saturated heterocycles. The Hall–Kier alpha value is -1.77. The number of rotatable bonds is 25. The molecular formula is C28H56N6O2S. The van der Waals surface area contributed by atoms with Crippen LogP contribution in [0.1, 0.15) is 117 Å². The Morgan fingerprint density at radius 2 is 1.41 bits per heavy atom. The first-order valence-electron chi connectivity index (χ1n) is 14.5. The van der Waals surface area contributed by atoms with Crippen molar-refractivity contribution in [3.63, 3.8) is 0 Å². The molecule has 0 spiro atoms. The van der Waals surface area contributed by atoms with Crippen LogP contribution in [-0.2, 0) is 9.59 Å². The highest BCUT2D eigenvalue weighted by atomic mass is 32.2. The summed E-state index contributed by atoms with van der Waals surface area (Å²) < 4.78 is 0. The fourth-order valence-corrected chi connectivity index (χ4v) is 5.24. The summed E-state index contributed by atoms with van der Waals surface area (Å²) in [5, 5.41) is 10.3. The van der Waals surface area contributed by atoms with E-state index in [9.17, 15) is 9.59 Å². The minimum atomic E-state index is -0.513. The molecule has 0 rings (SSSR count). The first-order chi connectivity index (χ1) is 17.8. The molecule has 0 heterocycles. The molecular weight excluding hydrogens is 484 g/mol. The number of thioether (sulfide) groups is 1. The number of amidine groups is 2. The van der Waals surface area contributed by atoms with E-state index in [1.807, 2.05) is 4.90 Å². The lowest BCUT2D eigenvalue weighted by Crippen LogP contribution is -2.50. The van der Waals surface area contributed by atoms with Crippen molar-refractivity contribution in [2.24, 2.45) is 16.5 Å². The highest BCUT2D eigenvalue weighted by molar-refractivity contribution is 7.99. The van der Waals surface area contributed by atoms with Gasteiger partial charge in [-0.3, -0.25) is 20.0 Å². The third-order valence-electron chi connectivity index (χ3n) is 6.44. The molecule has 2 amide bonds. The maximum atomic E-state index is 13.4. The first-order valence-corrected chi connectivity index (χ1v) is 15.6. The van der Waals surface area contributed by atoms with Crippen LogP contribution in [0.25, 0.3) is 0 Å². The molecule has 8 nitrogen and oxygen atoms in total. The quantitative estimate of drug-likeness (QED) is 0.0713. The molecule has 0 bridgehead atoms. The number of carbonyl (C=O) groups excluding carboxylic acids is 2.